The number of carboxylic acids is 2. The first-order valence-electron chi connectivity index (χ1n) is 11.6. The van der Waals surface area contributed by atoms with E-state index in [-0.39, 0.29) is 0 Å². The van der Waals surface area contributed by atoms with E-state index in [4.69, 9.17) is 24.5 Å². The van der Waals surface area contributed by atoms with Crippen molar-refractivity contribution in [2.24, 2.45) is 0 Å². The van der Waals surface area contributed by atoms with Crippen LogP contribution in [0.2, 0.25) is 0 Å². The Morgan fingerprint density at radius 1 is 0.848 bits per heavy atom. The zero-order valence-corrected chi connectivity index (χ0v) is 19.0. The van der Waals surface area contributed by atoms with Crippen molar-refractivity contribution in [3.05, 3.63) is 71.3 Å². The number of rotatable bonds is 6. The lowest BCUT2D eigenvalue weighted by Crippen LogP contribution is -2.36. The third kappa shape index (κ3) is 8.28. The Morgan fingerprint density at radius 3 is 2.03 bits per heavy atom. The maximum absolute atomic E-state index is 9.10. The molecule has 2 aliphatic rings. The number of morpholine rings is 1. The summed E-state index contributed by atoms with van der Waals surface area (Å²) in [6, 6.07) is 20.6. The van der Waals surface area contributed by atoms with Gasteiger partial charge in [0, 0.05) is 32.2 Å². The van der Waals surface area contributed by atoms with E-state index >= 15 is 0 Å². The minimum atomic E-state index is -1.82. The van der Waals surface area contributed by atoms with Gasteiger partial charge in [0.25, 0.3) is 0 Å². The number of nitrogens with zero attached hydrogens (tertiary/aromatic N) is 1. The Balaban J connectivity index is 0.000000454. The summed E-state index contributed by atoms with van der Waals surface area (Å²) in [4.78, 5) is 20.7. The number of benzene rings is 2. The van der Waals surface area contributed by atoms with Gasteiger partial charge in [0.2, 0.25) is 0 Å². The van der Waals surface area contributed by atoms with Gasteiger partial charge in [-0.15, -0.1) is 0 Å². The summed E-state index contributed by atoms with van der Waals surface area (Å²) in [5, 5.41) is 18.6. The fourth-order valence-corrected chi connectivity index (χ4v) is 4.49. The Morgan fingerprint density at radius 2 is 1.42 bits per heavy atom. The molecule has 0 atom stereocenters. The van der Waals surface area contributed by atoms with Crippen LogP contribution in [0, 0.1) is 0 Å². The molecule has 7 nitrogen and oxygen atoms in total. The highest BCUT2D eigenvalue weighted by atomic mass is 16.5. The Bertz CT molecular complexity index is 863. The fraction of sp³-hybridized carbons (Fsp3) is 0.462. The highest BCUT2D eigenvalue weighted by Crippen LogP contribution is 2.32. The van der Waals surface area contributed by atoms with Crippen LogP contribution in [-0.4, -0.2) is 59.4 Å². The third-order valence-corrected chi connectivity index (χ3v) is 6.38. The second-order valence-corrected chi connectivity index (χ2v) is 8.61. The summed E-state index contributed by atoms with van der Waals surface area (Å²) < 4.78 is 5.48. The highest BCUT2D eigenvalue weighted by molar-refractivity contribution is 6.27. The number of nitrogens with one attached hydrogen (secondary N) is 1. The summed E-state index contributed by atoms with van der Waals surface area (Å²) in [5.41, 5.74) is 4.44. The number of aliphatic carboxylic acids is 2. The van der Waals surface area contributed by atoms with Gasteiger partial charge in [-0.05, 0) is 48.3 Å². The van der Waals surface area contributed by atoms with Gasteiger partial charge in [-0.1, -0.05) is 54.6 Å². The monoisotopic (exact) mass is 454 g/mol. The van der Waals surface area contributed by atoms with Crippen LogP contribution in [0.5, 0.6) is 0 Å². The topological polar surface area (TPSA) is 99.1 Å². The van der Waals surface area contributed by atoms with Gasteiger partial charge in [-0.2, -0.15) is 0 Å². The van der Waals surface area contributed by atoms with E-state index in [2.05, 4.69) is 64.8 Å². The molecule has 0 spiro atoms. The number of hydrogen-bond donors (Lipinski definition) is 3. The summed E-state index contributed by atoms with van der Waals surface area (Å²) in [6.07, 6.45) is 5.17. The minimum Gasteiger partial charge on any atom is -0.473 e. The smallest absolute Gasteiger partial charge is 0.414 e. The van der Waals surface area contributed by atoms with E-state index in [1.165, 1.54) is 42.4 Å². The molecule has 2 aromatic carbocycles. The van der Waals surface area contributed by atoms with Crippen LogP contribution in [0.3, 0.4) is 0 Å². The SMILES string of the molecule is O=C(O)C(=O)O.c1ccc(C2CCC(NCc3ccccc3CN3CCOCC3)CC2)cc1. The van der Waals surface area contributed by atoms with Gasteiger partial charge in [0.15, 0.2) is 0 Å². The average molecular weight is 455 g/mol. The first-order valence-corrected chi connectivity index (χ1v) is 11.6. The molecule has 1 aliphatic heterocycles. The number of hydrogen-bond acceptors (Lipinski definition) is 5. The average Bonchev–Trinajstić information content (AvgIpc) is 2.85. The van der Waals surface area contributed by atoms with Crippen molar-refractivity contribution in [1.29, 1.82) is 0 Å². The molecular formula is C26H34N2O5. The van der Waals surface area contributed by atoms with Crippen LogP contribution >= 0.6 is 0 Å². The molecule has 33 heavy (non-hydrogen) atoms. The molecule has 0 radical (unpaired) electrons. The number of carboxylic acid groups (broad SMARTS) is 2. The summed E-state index contributed by atoms with van der Waals surface area (Å²) in [7, 11) is 0. The van der Waals surface area contributed by atoms with E-state index < -0.39 is 11.9 Å². The second kappa shape index (κ2) is 13.1. The molecular weight excluding hydrogens is 420 g/mol. The van der Waals surface area contributed by atoms with Gasteiger partial charge >= 0.3 is 11.9 Å². The molecule has 1 saturated heterocycles. The van der Waals surface area contributed by atoms with Crippen LogP contribution in [0.25, 0.3) is 0 Å². The fourth-order valence-electron chi connectivity index (χ4n) is 4.49. The van der Waals surface area contributed by atoms with Crippen LogP contribution in [-0.2, 0) is 27.4 Å². The van der Waals surface area contributed by atoms with Crippen molar-refractivity contribution in [2.45, 2.75) is 50.7 Å². The molecule has 2 aromatic rings. The van der Waals surface area contributed by atoms with Crippen LogP contribution in [0.4, 0.5) is 0 Å². The molecule has 0 unspecified atom stereocenters. The zero-order valence-electron chi connectivity index (χ0n) is 19.0. The molecule has 178 valence electrons. The van der Waals surface area contributed by atoms with Crippen molar-refractivity contribution < 1.29 is 24.5 Å². The molecule has 7 heteroatoms. The first-order chi connectivity index (χ1) is 16.0. The molecule has 4 rings (SSSR count). The van der Waals surface area contributed by atoms with E-state index in [0.29, 0.717) is 6.04 Å². The first kappa shape index (κ1) is 24.9. The van der Waals surface area contributed by atoms with E-state index in [1.54, 1.807) is 0 Å². The number of ether oxygens (including phenoxy) is 1. The van der Waals surface area contributed by atoms with Crippen molar-refractivity contribution in [2.75, 3.05) is 26.3 Å². The summed E-state index contributed by atoms with van der Waals surface area (Å²) in [5.74, 6) is -2.90. The minimum absolute atomic E-state index is 0.654. The van der Waals surface area contributed by atoms with E-state index in [1.807, 2.05) is 0 Å². The van der Waals surface area contributed by atoms with Crippen LogP contribution in [0.1, 0.15) is 48.3 Å². The molecule has 0 amide bonds. The molecule has 0 aromatic heterocycles. The predicted octanol–water partition coefficient (Wildman–Crippen LogP) is 3.49. The largest absolute Gasteiger partial charge is 0.473 e. The van der Waals surface area contributed by atoms with Crippen molar-refractivity contribution in [1.82, 2.24) is 10.2 Å². The van der Waals surface area contributed by atoms with Crippen LogP contribution < -0.4 is 5.32 Å². The lowest BCUT2D eigenvalue weighted by molar-refractivity contribution is -0.159. The molecule has 0 bridgehead atoms. The van der Waals surface area contributed by atoms with Crippen LogP contribution in [0.15, 0.2) is 54.6 Å². The lowest BCUT2D eigenvalue weighted by atomic mass is 9.82. The Labute approximate surface area is 195 Å². The van der Waals surface area contributed by atoms with Crippen molar-refractivity contribution in [3.8, 4) is 0 Å². The van der Waals surface area contributed by atoms with E-state index in [0.717, 1.165) is 45.3 Å². The molecule has 1 heterocycles. The predicted molar refractivity (Wildman–Crippen MR) is 126 cm³/mol. The number of carbonyl (C=O) groups is 2. The quantitative estimate of drug-likeness (QED) is 0.575. The molecule has 1 saturated carbocycles. The van der Waals surface area contributed by atoms with Crippen molar-refractivity contribution >= 4 is 11.9 Å². The molecule has 1 aliphatic carbocycles. The highest BCUT2D eigenvalue weighted by Gasteiger charge is 2.22. The third-order valence-electron chi connectivity index (χ3n) is 6.38. The second-order valence-electron chi connectivity index (χ2n) is 8.61. The Kier molecular flexibility index (Phi) is 9.87. The standard InChI is InChI=1S/C24H32N2O.C2H2O4/c1-2-6-20(7-3-1)21-10-12-24(13-11-21)25-18-22-8-4-5-9-23(22)19-26-14-16-27-17-15-26;3-1(4)2(5)6/h1-9,21,24-25H,10-19H2;(H,3,4)(H,5,6). The van der Waals surface area contributed by atoms with Gasteiger partial charge in [0.1, 0.15) is 0 Å². The lowest BCUT2D eigenvalue weighted by Gasteiger charge is -2.30. The zero-order chi connectivity index (χ0) is 23.5. The van der Waals surface area contributed by atoms with Gasteiger partial charge in [-0.25, -0.2) is 9.59 Å². The normalized spacial score (nSPS) is 21.0. The Hall–Kier alpha value is -2.74. The summed E-state index contributed by atoms with van der Waals surface area (Å²) in [6.45, 7) is 5.86. The van der Waals surface area contributed by atoms with E-state index in [9.17, 15) is 0 Å². The molecule has 3 N–H and O–H groups in total. The maximum Gasteiger partial charge on any atom is 0.414 e. The molecule has 2 fully saturated rings. The van der Waals surface area contributed by atoms with Gasteiger partial charge < -0.3 is 20.3 Å². The summed E-state index contributed by atoms with van der Waals surface area (Å²) >= 11 is 0. The van der Waals surface area contributed by atoms with Crippen molar-refractivity contribution in [3.63, 3.8) is 0 Å². The van der Waals surface area contributed by atoms with Gasteiger partial charge in [-0.3, -0.25) is 4.90 Å². The van der Waals surface area contributed by atoms with Gasteiger partial charge in [0.05, 0.1) is 13.2 Å². The maximum atomic E-state index is 9.10.